The molecule has 1 rings (SSSR count). The molecular formula is C10H16N2. The van der Waals surface area contributed by atoms with Crippen molar-refractivity contribution >= 4 is 5.84 Å². The first-order valence-electron chi connectivity index (χ1n) is 4.56. The van der Waals surface area contributed by atoms with Gasteiger partial charge < -0.3 is 5.32 Å². The molecular weight excluding hydrogens is 148 g/mol. The van der Waals surface area contributed by atoms with E-state index in [9.17, 15) is 0 Å². The number of terminal acetylenes is 1. The van der Waals surface area contributed by atoms with Crippen molar-refractivity contribution in [1.29, 1.82) is 0 Å². The highest BCUT2D eigenvalue weighted by Gasteiger charge is 2.06. The second-order valence-electron chi connectivity index (χ2n) is 3.24. The van der Waals surface area contributed by atoms with Gasteiger partial charge in [-0.1, -0.05) is 0 Å². The van der Waals surface area contributed by atoms with Crippen LogP contribution in [-0.4, -0.2) is 18.4 Å². The number of hydrogen-bond acceptors (Lipinski definition) is 2. The van der Waals surface area contributed by atoms with Gasteiger partial charge in [0.25, 0.3) is 0 Å². The molecule has 0 bridgehead atoms. The predicted octanol–water partition coefficient (Wildman–Crippen LogP) is 1.57. The van der Waals surface area contributed by atoms with Crippen LogP contribution < -0.4 is 5.32 Å². The standard InChI is InChI=1S/C10H16N2/c1-3-6-9(2)12-10-7-4-5-8-11-10/h1,9H,4-8H2,2H3,(H,11,12). The minimum Gasteiger partial charge on any atom is -0.370 e. The Bertz CT molecular complexity index is 200. The van der Waals surface area contributed by atoms with Gasteiger partial charge in [0.15, 0.2) is 0 Å². The Balaban J connectivity index is 2.30. The van der Waals surface area contributed by atoms with Gasteiger partial charge in [0.05, 0.1) is 5.84 Å². The molecule has 0 spiro atoms. The summed E-state index contributed by atoms with van der Waals surface area (Å²) in [6.45, 7) is 3.07. The van der Waals surface area contributed by atoms with E-state index in [0.29, 0.717) is 6.04 Å². The van der Waals surface area contributed by atoms with Crippen LogP contribution in [-0.2, 0) is 0 Å². The largest absolute Gasteiger partial charge is 0.370 e. The van der Waals surface area contributed by atoms with Gasteiger partial charge in [-0.15, -0.1) is 12.3 Å². The summed E-state index contributed by atoms with van der Waals surface area (Å²) in [5.74, 6) is 3.78. The molecule has 2 nitrogen and oxygen atoms in total. The molecule has 1 unspecified atom stereocenters. The van der Waals surface area contributed by atoms with Gasteiger partial charge in [-0.25, -0.2) is 0 Å². The molecule has 1 aliphatic rings. The lowest BCUT2D eigenvalue weighted by molar-refractivity contribution is 0.640. The highest BCUT2D eigenvalue weighted by molar-refractivity contribution is 5.82. The summed E-state index contributed by atoms with van der Waals surface area (Å²) in [5.41, 5.74) is 0. The number of nitrogens with one attached hydrogen (secondary N) is 1. The number of rotatable bonds is 2. The minimum atomic E-state index is 0.367. The van der Waals surface area contributed by atoms with E-state index in [1.807, 2.05) is 0 Å². The molecule has 0 saturated carbocycles. The maximum atomic E-state index is 5.20. The van der Waals surface area contributed by atoms with Crippen LogP contribution in [0.3, 0.4) is 0 Å². The molecule has 0 amide bonds. The molecule has 0 aromatic carbocycles. The normalized spacial score (nSPS) is 19.2. The third kappa shape index (κ3) is 2.96. The lowest BCUT2D eigenvalue weighted by Crippen LogP contribution is -2.33. The van der Waals surface area contributed by atoms with E-state index in [1.54, 1.807) is 0 Å². The van der Waals surface area contributed by atoms with E-state index in [2.05, 4.69) is 23.2 Å². The summed E-state index contributed by atoms with van der Waals surface area (Å²) in [5, 5.41) is 3.33. The van der Waals surface area contributed by atoms with E-state index in [1.165, 1.54) is 12.8 Å². The summed E-state index contributed by atoms with van der Waals surface area (Å²) < 4.78 is 0. The summed E-state index contributed by atoms with van der Waals surface area (Å²) in [7, 11) is 0. The van der Waals surface area contributed by atoms with E-state index in [-0.39, 0.29) is 0 Å². The van der Waals surface area contributed by atoms with Crippen molar-refractivity contribution in [3.8, 4) is 12.3 Å². The number of hydrogen-bond donors (Lipinski definition) is 1. The molecule has 12 heavy (non-hydrogen) atoms. The van der Waals surface area contributed by atoms with Crippen LogP contribution >= 0.6 is 0 Å². The first kappa shape index (κ1) is 9.12. The van der Waals surface area contributed by atoms with Crippen LogP contribution in [0.25, 0.3) is 0 Å². The van der Waals surface area contributed by atoms with Crippen LogP contribution in [0.2, 0.25) is 0 Å². The molecule has 0 aliphatic carbocycles. The third-order valence-corrected chi connectivity index (χ3v) is 1.96. The van der Waals surface area contributed by atoms with E-state index in [0.717, 1.165) is 25.2 Å². The quantitative estimate of drug-likeness (QED) is 0.615. The molecule has 1 N–H and O–H groups in total. The number of aliphatic imine (C=N–C) groups is 1. The summed E-state index contributed by atoms with van der Waals surface area (Å²) >= 11 is 0. The first-order valence-corrected chi connectivity index (χ1v) is 4.56. The van der Waals surface area contributed by atoms with Crippen molar-refractivity contribution in [3.63, 3.8) is 0 Å². The van der Waals surface area contributed by atoms with E-state index >= 15 is 0 Å². The van der Waals surface area contributed by atoms with Crippen LogP contribution in [0.4, 0.5) is 0 Å². The molecule has 0 aromatic heterocycles. The van der Waals surface area contributed by atoms with Crippen molar-refractivity contribution in [1.82, 2.24) is 5.32 Å². The van der Waals surface area contributed by atoms with E-state index < -0.39 is 0 Å². The second-order valence-corrected chi connectivity index (χ2v) is 3.24. The molecule has 0 radical (unpaired) electrons. The Labute approximate surface area is 74.5 Å². The number of nitrogens with zero attached hydrogens (tertiary/aromatic N) is 1. The zero-order valence-electron chi connectivity index (χ0n) is 7.64. The molecule has 1 heterocycles. The SMILES string of the molecule is C#CCC(C)NC1=NCCCC1. The average molecular weight is 164 g/mol. The van der Waals surface area contributed by atoms with Crippen molar-refractivity contribution in [2.45, 2.75) is 38.6 Å². The second kappa shape index (κ2) is 4.82. The fourth-order valence-corrected chi connectivity index (χ4v) is 1.33. The third-order valence-electron chi connectivity index (χ3n) is 1.96. The van der Waals surface area contributed by atoms with Crippen molar-refractivity contribution in [3.05, 3.63) is 0 Å². The maximum absolute atomic E-state index is 5.20. The van der Waals surface area contributed by atoms with Crippen molar-refractivity contribution in [2.24, 2.45) is 4.99 Å². The Kier molecular flexibility index (Phi) is 3.66. The Morgan fingerprint density at radius 1 is 1.67 bits per heavy atom. The van der Waals surface area contributed by atoms with E-state index in [4.69, 9.17) is 6.42 Å². The van der Waals surface area contributed by atoms with Gasteiger partial charge in [-0.2, -0.15) is 0 Å². The lowest BCUT2D eigenvalue weighted by atomic mass is 10.1. The highest BCUT2D eigenvalue weighted by atomic mass is 15.0. The van der Waals surface area contributed by atoms with Gasteiger partial charge in [-0.3, -0.25) is 4.99 Å². The topological polar surface area (TPSA) is 24.4 Å². The highest BCUT2D eigenvalue weighted by Crippen LogP contribution is 2.04. The molecule has 1 aliphatic heterocycles. The Morgan fingerprint density at radius 2 is 2.50 bits per heavy atom. The van der Waals surface area contributed by atoms with Gasteiger partial charge in [0, 0.05) is 25.4 Å². The first-order chi connectivity index (χ1) is 5.83. The Morgan fingerprint density at radius 3 is 3.08 bits per heavy atom. The predicted molar refractivity (Wildman–Crippen MR) is 52.2 cm³/mol. The molecule has 0 aromatic rings. The van der Waals surface area contributed by atoms with Crippen molar-refractivity contribution in [2.75, 3.05) is 6.54 Å². The van der Waals surface area contributed by atoms with Crippen LogP contribution in [0.1, 0.15) is 32.6 Å². The van der Waals surface area contributed by atoms with Crippen LogP contribution in [0.5, 0.6) is 0 Å². The molecule has 66 valence electrons. The zero-order chi connectivity index (χ0) is 8.81. The van der Waals surface area contributed by atoms with Gasteiger partial charge in [0.2, 0.25) is 0 Å². The minimum absolute atomic E-state index is 0.367. The zero-order valence-corrected chi connectivity index (χ0v) is 7.64. The van der Waals surface area contributed by atoms with Gasteiger partial charge >= 0.3 is 0 Å². The fourth-order valence-electron chi connectivity index (χ4n) is 1.33. The monoisotopic (exact) mass is 164 g/mol. The smallest absolute Gasteiger partial charge is 0.0965 e. The maximum Gasteiger partial charge on any atom is 0.0965 e. The van der Waals surface area contributed by atoms with Crippen LogP contribution in [0, 0.1) is 12.3 Å². The van der Waals surface area contributed by atoms with Gasteiger partial charge in [-0.05, 0) is 19.8 Å². The Hall–Kier alpha value is -0.970. The van der Waals surface area contributed by atoms with Crippen molar-refractivity contribution < 1.29 is 0 Å². The summed E-state index contributed by atoms with van der Waals surface area (Å²) in [4.78, 5) is 4.39. The van der Waals surface area contributed by atoms with Crippen LogP contribution in [0.15, 0.2) is 4.99 Å². The molecule has 2 heteroatoms. The summed E-state index contributed by atoms with van der Waals surface area (Å²) in [6, 6.07) is 0.367. The average Bonchev–Trinajstić information content (AvgIpc) is 2.06. The summed E-state index contributed by atoms with van der Waals surface area (Å²) in [6.07, 6.45) is 9.56. The molecule has 0 fully saturated rings. The molecule has 1 atom stereocenters. The lowest BCUT2D eigenvalue weighted by Gasteiger charge is -2.17. The number of amidine groups is 1. The fraction of sp³-hybridized carbons (Fsp3) is 0.700. The van der Waals surface area contributed by atoms with Gasteiger partial charge in [0.1, 0.15) is 0 Å². The molecule has 0 saturated heterocycles.